The van der Waals surface area contributed by atoms with Crippen molar-refractivity contribution in [1.29, 1.82) is 0 Å². The molecule has 4 aliphatic rings. The molecule has 2 aromatic rings. The average Bonchev–Trinajstić information content (AvgIpc) is 3.36. The van der Waals surface area contributed by atoms with Crippen molar-refractivity contribution in [3.63, 3.8) is 0 Å². The van der Waals surface area contributed by atoms with Crippen LogP contribution in [-0.4, -0.2) is 68.9 Å². The molecule has 2 aliphatic heterocycles. The lowest BCUT2D eigenvalue weighted by Gasteiger charge is -2.59. The van der Waals surface area contributed by atoms with Crippen molar-refractivity contribution >= 4 is 6.03 Å². The summed E-state index contributed by atoms with van der Waals surface area (Å²) in [5.41, 5.74) is -2.04. The fourth-order valence-electron chi connectivity index (χ4n) is 5.86. The Kier molecular flexibility index (Phi) is 5.66. The molecular weight excluding hydrogens is 494 g/mol. The third kappa shape index (κ3) is 4.64. The van der Waals surface area contributed by atoms with Crippen LogP contribution < -0.4 is 4.74 Å². The Morgan fingerprint density at radius 1 is 1.16 bits per heavy atom. The zero-order valence-corrected chi connectivity index (χ0v) is 20.2. The van der Waals surface area contributed by atoms with E-state index in [4.69, 9.17) is 4.74 Å². The molecule has 37 heavy (non-hydrogen) atoms. The number of benzene rings is 1. The Hall–Kier alpha value is -2.89. The van der Waals surface area contributed by atoms with E-state index in [1.165, 1.54) is 6.07 Å². The third-order valence-corrected chi connectivity index (χ3v) is 8.33. The summed E-state index contributed by atoms with van der Waals surface area (Å²) < 4.78 is 57.7. The van der Waals surface area contributed by atoms with Gasteiger partial charge in [0.1, 0.15) is 23.0 Å². The van der Waals surface area contributed by atoms with Crippen molar-refractivity contribution in [2.24, 2.45) is 11.3 Å². The van der Waals surface area contributed by atoms with Crippen LogP contribution in [0, 0.1) is 17.2 Å². The highest BCUT2D eigenvalue weighted by atomic mass is 19.4. The number of hydrogen-bond acceptors (Lipinski definition) is 5. The average molecular weight is 524 g/mol. The molecule has 0 unspecified atom stereocenters. The van der Waals surface area contributed by atoms with E-state index in [1.54, 1.807) is 0 Å². The lowest BCUT2D eigenvalue weighted by molar-refractivity contribution is -0.140. The molecule has 0 bridgehead atoms. The number of aromatic nitrogens is 3. The van der Waals surface area contributed by atoms with E-state index in [9.17, 15) is 27.5 Å². The van der Waals surface area contributed by atoms with Gasteiger partial charge in [0.2, 0.25) is 0 Å². The van der Waals surface area contributed by atoms with Gasteiger partial charge in [0.05, 0.1) is 12.2 Å². The Morgan fingerprint density at radius 3 is 2.51 bits per heavy atom. The molecule has 2 amide bonds. The van der Waals surface area contributed by atoms with Gasteiger partial charge in [0.15, 0.2) is 5.82 Å². The van der Waals surface area contributed by atoms with Crippen molar-refractivity contribution in [2.45, 2.75) is 56.2 Å². The Labute approximate surface area is 211 Å². The molecule has 6 rings (SSSR count). The largest absolute Gasteiger partial charge is 0.493 e. The van der Waals surface area contributed by atoms with Crippen LogP contribution in [-0.2, 0) is 11.8 Å². The van der Waals surface area contributed by atoms with Gasteiger partial charge in [-0.1, -0.05) is 0 Å². The molecule has 8 nitrogen and oxygen atoms in total. The van der Waals surface area contributed by atoms with E-state index >= 15 is 0 Å². The molecule has 1 spiro atoms. The number of H-pyrrole nitrogens is 1. The van der Waals surface area contributed by atoms with Crippen molar-refractivity contribution in [2.75, 3.05) is 32.8 Å². The number of ether oxygens (including phenoxy) is 1. The number of nitrogens with one attached hydrogen (secondary N) is 1. The van der Waals surface area contributed by atoms with Gasteiger partial charge in [-0.3, -0.25) is 5.10 Å². The summed E-state index contributed by atoms with van der Waals surface area (Å²) in [4.78, 5) is 21.2. The second-order valence-corrected chi connectivity index (χ2v) is 11.2. The first kappa shape index (κ1) is 24.4. The number of aliphatic hydroxyl groups is 1. The fraction of sp³-hybridized carbons (Fsp3) is 0.640. The first-order chi connectivity index (χ1) is 17.5. The number of halogens is 4. The molecule has 1 aromatic carbocycles. The number of piperidine rings is 1. The second-order valence-electron chi connectivity index (χ2n) is 11.2. The number of likely N-dealkylation sites (tertiary alicyclic amines) is 2. The number of carbonyl (C=O) groups excluding carboxylic acids is 1. The van der Waals surface area contributed by atoms with Gasteiger partial charge < -0.3 is 19.6 Å². The van der Waals surface area contributed by atoms with Crippen molar-refractivity contribution in [1.82, 2.24) is 25.0 Å². The summed E-state index contributed by atoms with van der Waals surface area (Å²) in [6.07, 6.45) is -0.0789. The van der Waals surface area contributed by atoms with E-state index < -0.39 is 23.2 Å². The minimum atomic E-state index is -4.77. The van der Waals surface area contributed by atoms with Crippen molar-refractivity contribution < 1.29 is 32.2 Å². The molecule has 2 N–H and O–H groups in total. The van der Waals surface area contributed by atoms with E-state index in [-0.39, 0.29) is 35.6 Å². The lowest BCUT2D eigenvalue weighted by Crippen LogP contribution is -2.65. The summed E-state index contributed by atoms with van der Waals surface area (Å²) in [5, 5.41) is 17.3. The van der Waals surface area contributed by atoms with Gasteiger partial charge in [0, 0.05) is 37.5 Å². The minimum absolute atomic E-state index is 0.0122. The third-order valence-electron chi connectivity index (χ3n) is 8.33. The highest BCUT2D eigenvalue weighted by Gasteiger charge is 2.56. The highest BCUT2D eigenvalue weighted by Crippen LogP contribution is 2.56. The predicted octanol–water partition coefficient (Wildman–Crippen LogP) is 4.03. The van der Waals surface area contributed by atoms with E-state index in [2.05, 4.69) is 15.2 Å². The standard InChI is InChI=1S/C25H29F4N5O3/c26-19-2-1-17(9-18(19)25(27,28)29)37-12-15-3-7-33(8-4-15)22(35)34-13-23(14-34)10-16(11-23)20-30-21(32-31-20)24(36)5-6-24/h1-2,9,15-16,36H,3-8,10-14H2,(H,30,31,32). The summed E-state index contributed by atoms with van der Waals surface area (Å²) in [6.45, 7) is 2.81. The Morgan fingerprint density at radius 2 is 1.86 bits per heavy atom. The summed E-state index contributed by atoms with van der Waals surface area (Å²) in [6, 6.07) is 2.69. The number of rotatable bonds is 5. The maximum atomic E-state index is 13.5. The van der Waals surface area contributed by atoms with Gasteiger partial charge in [-0.2, -0.15) is 18.3 Å². The maximum absolute atomic E-state index is 13.5. The first-order valence-electron chi connectivity index (χ1n) is 12.7. The lowest BCUT2D eigenvalue weighted by atomic mass is 9.57. The second kappa shape index (κ2) is 8.57. The molecule has 2 saturated heterocycles. The maximum Gasteiger partial charge on any atom is 0.419 e. The van der Waals surface area contributed by atoms with Gasteiger partial charge in [0.25, 0.3) is 0 Å². The normalized spacial score (nSPS) is 23.1. The Balaban J connectivity index is 0.930. The van der Waals surface area contributed by atoms with Gasteiger partial charge in [-0.25, -0.2) is 14.2 Å². The number of hydrogen-bond donors (Lipinski definition) is 2. The number of urea groups is 1. The quantitative estimate of drug-likeness (QED) is 0.577. The van der Waals surface area contributed by atoms with Crippen LogP contribution in [0.4, 0.5) is 22.4 Å². The van der Waals surface area contributed by atoms with Crippen LogP contribution in [0.1, 0.15) is 61.7 Å². The topological polar surface area (TPSA) is 94.6 Å². The molecule has 2 saturated carbocycles. The van der Waals surface area contributed by atoms with Gasteiger partial charge >= 0.3 is 12.2 Å². The summed E-state index contributed by atoms with van der Waals surface area (Å²) in [7, 11) is 0. The summed E-state index contributed by atoms with van der Waals surface area (Å²) in [5.74, 6) is 0.375. The van der Waals surface area contributed by atoms with Crippen LogP contribution in [0.25, 0.3) is 0 Å². The number of alkyl halides is 3. The number of amides is 2. The fourth-order valence-corrected chi connectivity index (χ4v) is 5.86. The van der Waals surface area contributed by atoms with Crippen molar-refractivity contribution in [3.05, 3.63) is 41.2 Å². The molecule has 12 heteroatoms. The molecule has 4 fully saturated rings. The van der Waals surface area contributed by atoms with E-state index in [0.29, 0.717) is 50.7 Å². The molecule has 2 aliphatic carbocycles. The monoisotopic (exact) mass is 523 g/mol. The number of nitrogens with zero attached hydrogens (tertiary/aromatic N) is 4. The summed E-state index contributed by atoms with van der Waals surface area (Å²) >= 11 is 0. The smallest absolute Gasteiger partial charge is 0.419 e. The number of carbonyl (C=O) groups is 1. The SMILES string of the molecule is O=C(N1CCC(COc2ccc(F)c(C(F)(F)F)c2)CC1)N1CC2(CC(c3nc(C4(O)CC4)n[nH]3)C2)C1. The van der Waals surface area contributed by atoms with Crippen molar-refractivity contribution in [3.8, 4) is 5.75 Å². The predicted molar refractivity (Wildman–Crippen MR) is 122 cm³/mol. The number of aromatic amines is 1. The van der Waals surface area contributed by atoms with Crippen LogP contribution in [0.15, 0.2) is 18.2 Å². The molecular formula is C25H29F4N5O3. The highest BCUT2D eigenvalue weighted by molar-refractivity contribution is 5.75. The minimum Gasteiger partial charge on any atom is -0.493 e. The van der Waals surface area contributed by atoms with Gasteiger partial charge in [-0.05, 0) is 62.6 Å². The van der Waals surface area contributed by atoms with E-state index in [1.807, 2.05) is 9.80 Å². The molecule has 1 aromatic heterocycles. The van der Waals surface area contributed by atoms with Crippen LogP contribution in [0.2, 0.25) is 0 Å². The molecule has 3 heterocycles. The molecule has 0 atom stereocenters. The molecule has 200 valence electrons. The van der Waals surface area contributed by atoms with Crippen LogP contribution in [0.3, 0.4) is 0 Å². The zero-order valence-electron chi connectivity index (χ0n) is 20.2. The van der Waals surface area contributed by atoms with Crippen LogP contribution in [0.5, 0.6) is 5.75 Å². The van der Waals surface area contributed by atoms with Crippen LogP contribution >= 0.6 is 0 Å². The first-order valence-corrected chi connectivity index (χ1v) is 12.7. The van der Waals surface area contributed by atoms with Gasteiger partial charge in [-0.15, -0.1) is 0 Å². The zero-order chi connectivity index (χ0) is 26.0. The Bertz CT molecular complexity index is 1180. The van der Waals surface area contributed by atoms with E-state index in [0.717, 1.165) is 37.8 Å². The molecule has 0 radical (unpaired) electrons.